The molecule has 3 aliphatic rings. The Balaban J connectivity index is 2.01. The first-order chi connectivity index (χ1) is 26.7. The second-order valence-electron chi connectivity index (χ2n) is 16.9. The number of carbonyl (C=O) groups is 1. The topological polar surface area (TPSA) is 194 Å². The fourth-order valence-corrected chi connectivity index (χ4v) is 8.34. The number of rotatable bonds is 9. The standard InChI is InChI=1S/C44H72O13/c1-13-15-33-27(6)36(55-37-21-32(45)41(49)31(10)54-37)22-44(51,57-33)30(9)40(48)29(8)42-34(52-11)17-14-16-23(2)18-25(4)38(46)28(7)39(47)26(5)19-24(3)20-35(53-12)43(50)56-42/h13-17,19-20,25-34,36-42,45-49,51H,18,21-22H2,1-12H3/b15-13+,17-14+,23-16+,24-19+,35-20+/t25-,26-,27-,28+,29+,30+,31-,32-,33-,34+,36-,37+,38+,39-,40-,41-,42-,44-/m1/s1. The van der Waals surface area contributed by atoms with Gasteiger partial charge in [0.25, 0.3) is 0 Å². The predicted octanol–water partition coefficient (Wildman–Crippen LogP) is 4.49. The Morgan fingerprint density at radius 2 is 1.65 bits per heavy atom. The number of hydrogen-bond donors (Lipinski definition) is 6. The Bertz CT molecular complexity index is 1430. The zero-order chi connectivity index (χ0) is 42.9. The Morgan fingerprint density at radius 1 is 0.982 bits per heavy atom. The summed E-state index contributed by atoms with van der Waals surface area (Å²) in [6, 6.07) is 0. The summed E-state index contributed by atoms with van der Waals surface area (Å²) in [5.74, 6) is -5.84. The first-order valence-corrected chi connectivity index (χ1v) is 20.4. The molecule has 0 spiro atoms. The van der Waals surface area contributed by atoms with Crippen molar-refractivity contribution in [2.45, 2.75) is 162 Å². The minimum Gasteiger partial charge on any atom is -0.490 e. The van der Waals surface area contributed by atoms with Gasteiger partial charge in [-0.15, -0.1) is 0 Å². The molecule has 0 aromatic carbocycles. The SMILES string of the molecule is C/C=C/[C@H]1O[C@@](O)([C@@H](C)[C@H](O)[C@H](C)[C@H]2OC(=O)/C(OC)=C\C(C)=C\[C@@H](C)[C@@H](O)[C@@H](C)[C@@H](O)[C@H](C)C/C(C)=C/C=C/[C@@H]2OC)C[C@@H](O[C@H]2C[C@@H](O)[C@H](O)[C@@H](C)O2)[C@@H]1C. The van der Waals surface area contributed by atoms with Crippen LogP contribution in [-0.2, 0) is 33.2 Å². The van der Waals surface area contributed by atoms with Gasteiger partial charge in [-0.25, -0.2) is 4.79 Å². The van der Waals surface area contributed by atoms with Gasteiger partial charge in [-0.1, -0.05) is 89.1 Å². The molecule has 0 bridgehead atoms. The summed E-state index contributed by atoms with van der Waals surface area (Å²) >= 11 is 0. The summed E-state index contributed by atoms with van der Waals surface area (Å²) in [7, 11) is 2.82. The molecule has 6 N–H and O–H groups in total. The highest BCUT2D eigenvalue weighted by Gasteiger charge is 2.52. The van der Waals surface area contributed by atoms with Crippen LogP contribution >= 0.6 is 0 Å². The van der Waals surface area contributed by atoms with Crippen molar-refractivity contribution in [3.63, 3.8) is 0 Å². The quantitative estimate of drug-likeness (QED) is 0.141. The predicted molar refractivity (Wildman–Crippen MR) is 215 cm³/mol. The number of carbonyl (C=O) groups excluding carboxylic acids is 1. The first-order valence-electron chi connectivity index (χ1n) is 20.4. The molecule has 18 atom stereocenters. The number of esters is 1. The Morgan fingerprint density at radius 3 is 2.25 bits per heavy atom. The van der Waals surface area contributed by atoms with Crippen LogP contribution in [0.1, 0.15) is 88.5 Å². The maximum Gasteiger partial charge on any atom is 0.373 e. The van der Waals surface area contributed by atoms with Gasteiger partial charge in [0, 0.05) is 49.5 Å². The van der Waals surface area contributed by atoms with Gasteiger partial charge in [-0.2, -0.15) is 0 Å². The maximum atomic E-state index is 13.9. The number of cyclic esters (lactones) is 1. The summed E-state index contributed by atoms with van der Waals surface area (Å²) in [5, 5.41) is 67.3. The van der Waals surface area contributed by atoms with E-state index in [1.54, 1.807) is 39.8 Å². The molecule has 0 radical (unpaired) electrons. The van der Waals surface area contributed by atoms with Crippen LogP contribution in [0.3, 0.4) is 0 Å². The van der Waals surface area contributed by atoms with Gasteiger partial charge < -0.3 is 59.1 Å². The molecule has 326 valence electrons. The lowest BCUT2D eigenvalue weighted by Crippen LogP contribution is -2.59. The monoisotopic (exact) mass is 808 g/mol. The molecule has 3 heterocycles. The molecule has 13 heteroatoms. The highest BCUT2D eigenvalue weighted by Crippen LogP contribution is 2.42. The minimum atomic E-state index is -1.93. The van der Waals surface area contributed by atoms with Crippen LogP contribution in [0, 0.1) is 35.5 Å². The molecule has 0 aromatic heterocycles. The van der Waals surface area contributed by atoms with Crippen LogP contribution in [0.4, 0.5) is 0 Å². The third-order valence-electron chi connectivity index (χ3n) is 12.3. The second-order valence-corrected chi connectivity index (χ2v) is 16.9. The van der Waals surface area contributed by atoms with E-state index in [0.29, 0.717) is 12.0 Å². The molecular weight excluding hydrogens is 736 g/mol. The van der Waals surface area contributed by atoms with Gasteiger partial charge >= 0.3 is 5.97 Å². The van der Waals surface area contributed by atoms with Gasteiger partial charge in [-0.3, -0.25) is 0 Å². The molecule has 0 amide bonds. The molecule has 2 saturated heterocycles. The number of hydrogen-bond acceptors (Lipinski definition) is 13. The van der Waals surface area contributed by atoms with Crippen LogP contribution in [0.15, 0.2) is 59.4 Å². The Hall–Kier alpha value is -2.43. The summed E-state index contributed by atoms with van der Waals surface area (Å²) in [5.41, 5.74) is 1.60. The second kappa shape index (κ2) is 21.7. The average Bonchev–Trinajstić information content (AvgIpc) is 3.16. The number of methoxy groups -OCH3 is 2. The first kappa shape index (κ1) is 48.9. The number of allylic oxidation sites excluding steroid dienone is 6. The lowest BCUT2D eigenvalue weighted by Gasteiger charge is -2.49. The van der Waals surface area contributed by atoms with E-state index in [4.69, 9.17) is 28.4 Å². The number of aliphatic hydroxyl groups excluding tert-OH is 5. The van der Waals surface area contributed by atoms with Gasteiger partial charge in [0.2, 0.25) is 5.76 Å². The lowest BCUT2D eigenvalue weighted by molar-refractivity contribution is -0.339. The van der Waals surface area contributed by atoms with Crippen molar-refractivity contribution in [1.82, 2.24) is 0 Å². The smallest absolute Gasteiger partial charge is 0.373 e. The van der Waals surface area contributed by atoms with Gasteiger partial charge in [0.05, 0.1) is 49.8 Å². The fourth-order valence-electron chi connectivity index (χ4n) is 8.34. The molecular formula is C44H72O13. The van der Waals surface area contributed by atoms with Crippen LogP contribution in [0.25, 0.3) is 0 Å². The lowest BCUT2D eigenvalue weighted by atomic mass is 9.77. The maximum absolute atomic E-state index is 13.9. The normalized spacial score (nSPS) is 44.5. The number of ether oxygens (including phenoxy) is 6. The van der Waals surface area contributed by atoms with E-state index >= 15 is 0 Å². The Kier molecular flexibility index (Phi) is 18.6. The average molecular weight is 809 g/mol. The largest absolute Gasteiger partial charge is 0.490 e. The van der Waals surface area contributed by atoms with Crippen molar-refractivity contribution in [3.8, 4) is 0 Å². The van der Waals surface area contributed by atoms with Crippen molar-refractivity contribution >= 4 is 5.97 Å². The van der Waals surface area contributed by atoms with Gasteiger partial charge in [-0.05, 0) is 46.1 Å². The highest BCUT2D eigenvalue weighted by molar-refractivity contribution is 5.87. The molecule has 3 aliphatic heterocycles. The Labute approximate surface area is 340 Å². The van der Waals surface area contributed by atoms with E-state index < -0.39 is 96.8 Å². The van der Waals surface area contributed by atoms with Crippen LogP contribution in [0.5, 0.6) is 0 Å². The van der Waals surface area contributed by atoms with Crippen LogP contribution in [0.2, 0.25) is 0 Å². The highest BCUT2D eigenvalue weighted by atomic mass is 16.7. The molecule has 0 aliphatic carbocycles. The van der Waals surface area contributed by atoms with Gasteiger partial charge in [0.1, 0.15) is 18.3 Å². The van der Waals surface area contributed by atoms with Crippen molar-refractivity contribution in [3.05, 3.63) is 59.4 Å². The zero-order valence-corrected chi connectivity index (χ0v) is 36.0. The third kappa shape index (κ3) is 12.5. The van der Waals surface area contributed by atoms with Crippen molar-refractivity contribution in [2.75, 3.05) is 14.2 Å². The van der Waals surface area contributed by atoms with Crippen molar-refractivity contribution in [2.24, 2.45) is 35.5 Å². The summed E-state index contributed by atoms with van der Waals surface area (Å²) in [6.07, 6.45) is 3.15. The van der Waals surface area contributed by atoms with E-state index in [2.05, 4.69) is 0 Å². The molecule has 13 nitrogen and oxygen atoms in total. The van der Waals surface area contributed by atoms with E-state index in [0.717, 1.165) is 5.57 Å². The van der Waals surface area contributed by atoms with Gasteiger partial charge in [0.15, 0.2) is 12.1 Å². The van der Waals surface area contributed by atoms with Crippen LogP contribution in [-0.4, -0.2) is 124 Å². The molecule has 0 aromatic rings. The molecule has 2 fully saturated rings. The molecule has 0 unspecified atom stereocenters. The molecule has 57 heavy (non-hydrogen) atoms. The van der Waals surface area contributed by atoms with E-state index in [9.17, 15) is 35.4 Å². The summed E-state index contributed by atoms with van der Waals surface area (Å²) in [6.45, 7) is 18.1. The molecule has 0 saturated carbocycles. The van der Waals surface area contributed by atoms with Crippen LogP contribution < -0.4 is 0 Å². The third-order valence-corrected chi connectivity index (χ3v) is 12.3. The van der Waals surface area contributed by atoms with Crippen molar-refractivity contribution < 1.29 is 63.9 Å². The van der Waals surface area contributed by atoms with Crippen molar-refractivity contribution in [1.29, 1.82) is 0 Å². The minimum absolute atomic E-state index is 0.0413. The number of aliphatic hydroxyl groups is 6. The molecule has 3 rings (SSSR count). The summed E-state index contributed by atoms with van der Waals surface area (Å²) in [4.78, 5) is 13.9. The van der Waals surface area contributed by atoms with E-state index in [-0.39, 0.29) is 36.4 Å². The fraction of sp³-hybridized carbons (Fsp3) is 0.750. The van der Waals surface area contributed by atoms with E-state index in [1.165, 1.54) is 20.3 Å². The zero-order valence-electron chi connectivity index (χ0n) is 36.0. The van der Waals surface area contributed by atoms with E-state index in [1.807, 2.05) is 65.8 Å². The summed E-state index contributed by atoms with van der Waals surface area (Å²) < 4.78 is 36.1.